The molecule has 0 aromatic heterocycles. The molecule has 16 heavy (non-hydrogen) atoms. The monoisotopic (exact) mass is 276 g/mol. The molecule has 98 valence electrons. The van der Waals surface area contributed by atoms with Gasteiger partial charge in [-0.1, -0.05) is 53.1 Å². The molecule has 0 fully saturated rings. The molecule has 0 bridgehead atoms. The molecule has 5 heteroatoms. The number of hydrogen-bond acceptors (Lipinski definition) is 2. The minimum absolute atomic E-state index is 0.892. The number of hydrogen-bond donors (Lipinski definition) is 0. The van der Waals surface area contributed by atoms with E-state index in [1.807, 2.05) is 0 Å². The van der Waals surface area contributed by atoms with E-state index in [2.05, 4.69) is 68.1 Å². The van der Waals surface area contributed by atoms with Gasteiger partial charge in [0.05, 0.1) is 0 Å². The molecule has 1 atom stereocenters. The molecule has 0 rings (SSSR count). The topological polar surface area (TPSA) is 6.48 Å². The summed E-state index contributed by atoms with van der Waals surface area (Å²) in [7, 11) is -3.22. The second-order valence-corrected chi connectivity index (χ2v) is 20.2. The highest BCUT2D eigenvalue weighted by molar-refractivity contribution is 6.98. The first-order valence-corrected chi connectivity index (χ1v) is 15.7. The van der Waals surface area contributed by atoms with Crippen LogP contribution >= 0.6 is 0 Å². The predicted molar refractivity (Wildman–Crippen MR) is 84.5 cm³/mol. The van der Waals surface area contributed by atoms with Crippen LogP contribution in [0.4, 0.5) is 0 Å². The summed E-state index contributed by atoms with van der Waals surface area (Å²) in [6.45, 7) is 24.6. The van der Waals surface area contributed by atoms with E-state index in [9.17, 15) is 0 Å². The Bertz CT molecular complexity index is 190. The van der Waals surface area contributed by atoms with Crippen LogP contribution in [0.2, 0.25) is 45.8 Å². The van der Waals surface area contributed by atoms with Gasteiger partial charge in [0.25, 0.3) is 0 Å². The van der Waals surface area contributed by atoms with E-state index in [0.717, 1.165) is 0 Å². The molecule has 0 aliphatic heterocycles. The van der Waals surface area contributed by atoms with Crippen LogP contribution in [0.3, 0.4) is 0 Å². The Morgan fingerprint density at radius 1 is 0.812 bits per heavy atom. The molecule has 0 saturated carbocycles. The van der Waals surface area contributed by atoms with E-state index in [1.54, 1.807) is 0 Å². The van der Waals surface area contributed by atoms with Crippen molar-refractivity contribution in [2.75, 3.05) is 13.1 Å². The van der Waals surface area contributed by atoms with Crippen molar-refractivity contribution in [1.29, 1.82) is 0 Å². The maximum Gasteiger partial charge on any atom is 0.173 e. The van der Waals surface area contributed by atoms with Gasteiger partial charge in [-0.05, 0) is 19.6 Å². The lowest BCUT2D eigenvalue weighted by molar-refractivity contribution is 0.461. The Morgan fingerprint density at radius 3 is 1.31 bits per heavy atom. The van der Waals surface area contributed by atoms with Gasteiger partial charge in [-0.25, -0.2) is 0 Å². The van der Waals surface area contributed by atoms with Crippen LogP contribution < -0.4 is 0 Å². The van der Waals surface area contributed by atoms with Crippen molar-refractivity contribution in [3.8, 4) is 0 Å². The maximum atomic E-state index is 3.02. The van der Waals surface area contributed by atoms with E-state index < -0.39 is 25.6 Å². The Hall–Kier alpha value is 0.571. The average molecular weight is 277 g/mol. The van der Waals surface area contributed by atoms with E-state index >= 15 is 0 Å². The van der Waals surface area contributed by atoms with Crippen LogP contribution in [0.15, 0.2) is 0 Å². The van der Waals surface area contributed by atoms with Crippen molar-refractivity contribution in [3.05, 3.63) is 0 Å². The van der Waals surface area contributed by atoms with E-state index in [1.165, 1.54) is 13.1 Å². The third-order valence-electron chi connectivity index (χ3n) is 3.16. The molecule has 0 radical (unpaired) electrons. The molecule has 0 aromatic rings. The molecule has 0 saturated heterocycles. The van der Waals surface area contributed by atoms with E-state index in [4.69, 9.17) is 0 Å². The second-order valence-electron chi connectivity index (χ2n) is 6.56. The molecular weight excluding hydrogens is 244 g/mol. The lowest BCUT2D eigenvalue weighted by atomic mass is 10.7. The third-order valence-corrected chi connectivity index (χ3v) is 19.5. The highest BCUT2D eigenvalue weighted by Gasteiger charge is 2.39. The van der Waals surface area contributed by atoms with Crippen molar-refractivity contribution in [3.63, 3.8) is 0 Å². The summed E-state index contributed by atoms with van der Waals surface area (Å²) >= 11 is 0. The predicted octanol–water partition coefficient (Wildman–Crippen LogP) is 3.15. The molecule has 0 aromatic carbocycles. The summed E-state index contributed by atoms with van der Waals surface area (Å²) in [6.07, 6.45) is 0. The fourth-order valence-electron chi connectivity index (χ4n) is 3.04. The number of rotatable bonds is 6. The zero-order valence-electron chi connectivity index (χ0n) is 12.9. The van der Waals surface area contributed by atoms with Gasteiger partial charge in [0.15, 0.2) is 9.12 Å². The first-order valence-electron chi connectivity index (χ1n) is 6.59. The molecule has 0 spiro atoms. The van der Waals surface area contributed by atoms with Crippen molar-refractivity contribution in [2.24, 2.45) is 0 Å². The lowest BCUT2D eigenvalue weighted by Crippen LogP contribution is -2.68. The van der Waals surface area contributed by atoms with Crippen LogP contribution in [0.5, 0.6) is 0 Å². The second kappa shape index (κ2) is 5.95. The van der Waals surface area contributed by atoms with E-state index in [0.29, 0.717) is 0 Å². The number of nitrogens with zero attached hydrogens (tertiary/aromatic N) is 2. The standard InChI is InChI=1S/C11H32N2Si3/c1-10-12(11-2)14(3)13(15(4,5)6)16(7,8)9/h14H,10-11H2,1-9H3. The van der Waals surface area contributed by atoms with Gasteiger partial charge in [-0.2, -0.15) is 0 Å². The van der Waals surface area contributed by atoms with Crippen LogP contribution in [0.1, 0.15) is 13.8 Å². The lowest BCUT2D eigenvalue weighted by Gasteiger charge is -2.50. The summed E-state index contributed by atoms with van der Waals surface area (Å²) < 4.78 is 5.74. The SMILES string of the molecule is CCN(CC)[SiH](C)N([Si](C)(C)C)[Si](C)(C)C. The van der Waals surface area contributed by atoms with Gasteiger partial charge in [0.2, 0.25) is 0 Å². The highest BCUT2D eigenvalue weighted by Crippen LogP contribution is 2.22. The quantitative estimate of drug-likeness (QED) is 0.688. The summed E-state index contributed by atoms with van der Waals surface area (Å²) in [4.78, 5) is 0. The molecule has 1 unspecified atom stereocenters. The van der Waals surface area contributed by atoms with Crippen LogP contribution in [0.25, 0.3) is 0 Å². The molecule has 0 heterocycles. The minimum Gasteiger partial charge on any atom is -0.359 e. The molecule has 2 nitrogen and oxygen atoms in total. The highest BCUT2D eigenvalue weighted by atomic mass is 28.5. The first-order chi connectivity index (χ1) is 7.05. The molecule has 0 amide bonds. The largest absolute Gasteiger partial charge is 0.359 e. The maximum absolute atomic E-state index is 3.02. The van der Waals surface area contributed by atoms with Crippen LogP contribution in [-0.2, 0) is 0 Å². The third kappa shape index (κ3) is 4.44. The van der Waals surface area contributed by atoms with Gasteiger partial charge in [-0.3, -0.25) is 0 Å². The van der Waals surface area contributed by atoms with Gasteiger partial charge in [0.1, 0.15) is 16.5 Å². The summed E-state index contributed by atoms with van der Waals surface area (Å²) in [5, 5.41) is 0. The Kier molecular flexibility index (Phi) is 6.16. The van der Waals surface area contributed by atoms with Gasteiger partial charge in [-0.15, -0.1) is 0 Å². The van der Waals surface area contributed by atoms with Crippen molar-refractivity contribution in [1.82, 2.24) is 8.46 Å². The molecule has 0 N–H and O–H groups in total. The zero-order chi connectivity index (χ0) is 13.1. The fraction of sp³-hybridized carbons (Fsp3) is 1.00. The van der Waals surface area contributed by atoms with Gasteiger partial charge in [0, 0.05) is 0 Å². The van der Waals surface area contributed by atoms with Gasteiger partial charge < -0.3 is 8.46 Å². The van der Waals surface area contributed by atoms with Crippen LogP contribution in [0, 0.1) is 0 Å². The van der Waals surface area contributed by atoms with Gasteiger partial charge >= 0.3 is 0 Å². The summed E-state index contributed by atoms with van der Waals surface area (Å²) in [6, 6.07) is 0. The average Bonchev–Trinajstić information content (AvgIpc) is 2.00. The van der Waals surface area contributed by atoms with Crippen molar-refractivity contribution in [2.45, 2.75) is 59.7 Å². The molecular formula is C11H32N2Si3. The Morgan fingerprint density at radius 2 is 1.12 bits per heavy atom. The minimum atomic E-state index is -1.17. The van der Waals surface area contributed by atoms with Crippen molar-refractivity contribution >= 4 is 25.6 Å². The zero-order valence-corrected chi connectivity index (χ0v) is 16.0. The Balaban J connectivity index is 5.06. The normalized spacial score (nSPS) is 15.9. The Labute approximate surface area is 107 Å². The van der Waals surface area contributed by atoms with E-state index in [-0.39, 0.29) is 0 Å². The molecule has 0 aliphatic carbocycles. The fourth-order valence-corrected chi connectivity index (χ4v) is 22.4. The smallest absolute Gasteiger partial charge is 0.173 e. The first kappa shape index (κ1) is 16.6. The summed E-state index contributed by atoms with van der Waals surface area (Å²) in [5.41, 5.74) is 0. The summed E-state index contributed by atoms with van der Waals surface area (Å²) in [5.74, 6) is 0. The molecule has 0 aliphatic rings. The van der Waals surface area contributed by atoms with Crippen molar-refractivity contribution < 1.29 is 0 Å². The van der Waals surface area contributed by atoms with Crippen LogP contribution in [-0.4, -0.2) is 47.1 Å².